The average molecular weight is 351 g/mol. The molecule has 0 saturated heterocycles. The predicted octanol–water partition coefficient (Wildman–Crippen LogP) is 4.45. The van der Waals surface area contributed by atoms with Gasteiger partial charge in [0.15, 0.2) is 0 Å². The fourth-order valence-electron chi connectivity index (χ4n) is 3.43. The number of hydrogen-bond donors (Lipinski definition) is 2. The monoisotopic (exact) mass is 351 g/mol. The molecule has 0 fully saturated rings. The van der Waals surface area contributed by atoms with Gasteiger partial charge in [-0.25, -0.2) is 9.97 Å². The number of rotatable bonds is 6. The summed E-state index contributed by atoms with van der Waals surface area (Å²) in [5.74, 6) is 0.767. The van der Waals surface area contributed by atoms with Crippen LogP contribution in [-0.4, -0.2) is 15.9 Å². The molecule has 1 aliphatic carbocycles. The number of nitrogens with two attached hydrogens (primary N) is 1. The largest absolute Gasteiger partial charge is 0.369 e. The van der Waals surface area contributed by atoms with Crippen LogP contribution < -0.4 is 11.1 Å². The highest BCUT2D eigenvalue weighted by atomic mass is 15.2. The fraction of sp³-hybridized carbons (Fsp3) is 0.476. The smallest absolute Gasteiger partial charge is 0.253 e. The summed E-state index contributed by atoms with van der Waals surface area (Å²) in [6.07, 6.45) is 9.37. The van der Waals surface area contributed by atoms with E-state index in [9.17, 15) is 0 Å². The fourth-order valence-corrected chi connectivity index (χ4v) is 3.43. The number of hydrogen-bond acceptors (Lipinski definition) is 3. The first-order valence-electron chi connectivity index (χ1n) is 9.72. The number of aliphatic imine (C=N–C) groups is 1. The first-order valence-corrected chi connectivity index (χ1v) is 9.72. The molecule has 5 nitrogen and oxygen atoms in total. The van der Waals surface area contributed by atoms with Crippen LogP contribution in [0.25, 0.3) is 0 Å². The van der Waals surface area contributed by atoms with Crippen LogP contribution in [0.3, 0.4) is 0 Å². The second kappa shape index (κ2) is 8.79. The minimum Gasteiger partial charge on any atom is -0.369 e. The van der Waals surface area contributed by atoms with Crippen molar-refractivity contribution >= 4 is 17.6 Å². The molecular weight excluding hydrogens is 322 g/mol. The summed E-state index contributed by atoms with van der Waals surface area (Å²) in [5.41, 5.74) is 11.8. The quantitative estimate of drug-likeness (QED) is 0.458. The normalized spacial score (nSPS) is 14.2. The lowest BCUT2D eigenvalue weighted by molar-refractivity contribution is 0.657. The van der Waals surface area contributed by atoms with Gasteiger partial charge in [0, 0.05) is 17.1 Å². The Labute approximate surface area is 156 Å². The lowest BCUT2D eigenvalue weighted by atomic mass is 9.95. The zero-order chi connectivity index (χ0) is 18.4. The molecule has 1 aromatic carbocycles. The topological polar surface area (TPSA) is 76.2 Å². The lowest BCUT2D eigenvalue weighted by Crippen LogP contribution is -2.22. The summed E-state index contributed by atoms with van der Waals surface area (Å²) >= 11 is 0. The number of benzene rings is 1. The number of nitrogens with one attached hydrogen (secondary N) is 1. The number of nitrogens with zero attached hydrogens (tertiary/aromatic N) is 3. The molecule has 26 heavy (non-hydrogen) atoms. The van der Waals surface area contributed by atoms with Crippen molar-refractivity contribution in [3.63, 3.8) is 0 Å². The van der Waals surface area contributed by atoms with Gasteiger partial charge in [-0.3, -0.25) is 0 Å². The number of anilines is 1. The second-order valence-corrected chi connectivity index (χ2v) is 7.02. The van der Waals surface area contributed by atoms with E-state index in [0.717, 1.165) is 36.3 Å². The predicted molar refractivity (Wildman–Crippen MR) is 108 cm³/mol. The second-order valence-electron chi connectivity index (χ2n) is 7.02. The molecule has 0 bridgehead atoms. The molecule has 5 heteroatoms. The maximum absolute atomic E-state index is 6.06. The van der Waals surface area contributed by atoms with Crippen LogP contribution in [0.2, 0.25) is 0 Å². The number of aromatic nitrogens is 2. The van der Waals surface area contributed by atoms with Gasteiger partial charge in [0.2, 0.25) is 5.96 Å². The van der Waals surface area contributed by atoms with Crippen molar-refractivity contribution in [2.45, 2.75) is 65.2 Å². The van der Waals surface area contributed by atoms with Crippen LogP contribution in [0, 0.1) is 6.92 Å². The van der Waals surface area contributed by atoms with E-state index in [1.807, 2.05) is 19.1 Å². The molecule has 3 N–H and O–H groups in total. The Balaban J connectivity index is 1.66. The van der Waals surface area contributed by atoms with Crippen LogP contribution in [0.5, 0.6) is 0 Å². The molecule has 0 unspecified atom stereocenters. The van der Waals surface area contributed by atoms with E-state index in [1.54, 1.807) is 0 Å². The van der Waals surface area contributed by atoms with Gasteiger partial charge < -0.3 is 11.1 Å². The molecule has 1 aliphatic rings. The highest BCUT2D eigenvalue weighted by Gasteiger charge is 2.15. The molecule has 0 radical (unpaired) electrons. The molecule has 0 spiro atoms. The standard InChI is InChI=1S/C21H29N5/c1-3-4-5-8-16-11-13-17(14-12-16)24-20(22)26-21-23-15(2)18-9-6-7-10-19(18)25-21/h11-14H,3-10H2,1-2H3,(H3,22,23,24,25,26). The Hall–Kier alpha value is -2.43. The summed E-state index contributed by atoms with van der Waals surface area (Å²) < 4.78 is 0. The van der Waals surface area contributed by atoms with Crippen molar-refractivity contribution in [2.24, 2.45) is 10.7 Å². The van der Waals surface area contributed by atoms with Gasteiger partial charge in [-0.05, 0) is 68.7 Å². The van der Waals surface area contributed by atoms with Crippen molar-refractivity contribution in [2.75, 3.05) is 5.32 Å². The maximum atomic E-state index is 6.06. The molecule has 0 aliphatic heterocycles. The molecular formula is C21H29N5. The number of fused-ring (bicyclic) bond motifs is 1. The van der Waals surface area contributed by atoms with Crippen LogP contribution in [-0.2, 0) is 19.3 Å². The van der Waals surface area contributed by atoms with E-state index in [4.69, 9.17) is 5.73 Å². The van der Waals surface area contributed by atoms with Gasteiger partial charge in [-0.1, -0.05) is 31.9 Å². The summed E-state index contributed by atoms with van der Waals surface area (Å²) in [7, 11) is 0. The summed E-state index contributed by atoms with van der Waals surface area (Å²) in [6.45, 7) is 4.26. The summed E-state index contributed by atoms with van der Waals surface area (Å²) in [4.78, 5) is 13.5. The van der Waals surface area contributed by atoms with Crippen molar-refractivity contribution in [1.29, 1.82) is 0 Å². The van der Waals surface area contributed by atoms with Crippen molar-refractivity contribution < 1.29 is 0 Å². The molecule has 1 aromatic heterocycles. The Morgan fingerprint density at radius 1 is 1.12 bits per heavy atom. The Kier molecular flexibility index (Phi) is 6.21. The molecule has 0 amide bonds. The molecule has 2 aromatic rings. The molecule has 0 saturated carbocycles. The van der Waals surface area contributed by atoms with Crippen LogP contribution in [0.15, 0.2) is 29.3 Å². The summed E-state index contributed by atoms with van der Waals surface area (Å²) in [5, 5.41) is 3.13. The van der Waals surface area contributed by atoms with Crippen LogP contribution in [0.4, 0.5) is 11.6 Å². The van der Waals surface area contributed by atoms with Crippen molar-refractivity contribution in [1.82, 2.24) is 9.97 Å². The third-order valence-corrected chi connectivity index (χ3v) is 4.89. The lowest BCUT2D eigenvalue weighted by Gasteiger charge is -2.16. The SMILES string of the molecule is CCCCCc1ccc(NC(N)=Nc2nc(C)c3c(n2)CCCC3)cc1. The van der Waals surface area contributed by atoms with Crippen LogP contribution >= 0.6 is 0 Å². The zero-order valence-corrected chi connectivity index (χ0v) is 15.9. The Morgan fingerprint density at radius 3 is 2.65 bits per heavy atom. The summed E-state index contributed by atoms with van der Waals surface area (Å²) in [6, 6.07) is 8.38. The third-order valence-electron chi connectivity index (χ3n) is 4.89. The Morgan fingerprint density at radius 2 is 1.88 bits per heavy atom. The first-order chi connectivity index (χ1) is 12.7. The minimum absolute atomic E-state index is 0.318. The van der Waals surface area contributed by atoms with Gasteiger partial charge in [-0.2, -0.15) is 4.99 Å². The number of guanidine groups is 1. The molecule has 138 valence electrons. The van der Waals surface area contributed by atoms with Crippen molar-refractivity contribution in [3.05, 3.63) is 46.8 Å². The molecule has 1 heterocycles. The van der Waals surface area contributed by atoms with E-state index in [2.05, 4.69) is 39.3 Å². The molecule has 3 rings (SSSR count). The number of unbranched alkanes of at least 4 members (excludes halogenated alkanes) is 2. The van der Waals surface area contributed by atoms with Gasteiger partial charge in [0.05, 0.1) is 0 Å². The highest BCUT2D eigenvalue weighted by Crippen LogP contribution is 2.23. The minimum atomic E-state index is 0.318. The first kappa shape index (κ1) is 18.4. The maximum Gasteiger partial charge on any atom is 0.253 e. The Bertz CT molecular complexity index is 765. The van der Waals surface area contributed by atoms with E-state index in [-0.39, 0.29) is 0 Å². The van der Waals surface area contributed by atoms with E-state index >= 15 is 0 Å². The van der Waals surface area contributed by atoms with Crippen molar-refractivity contribution in [3.8, 4) is 0 Å². The third kappa shape index (κ3) is 4.81. The van der Waals surface area contributed by atoms with Crippen LogP contribution in [0.1, 0.15) is 61.5 Å². The highest BCUT2D eigenvalue weighted by molar-refractivity contribution is 5.93. The van der Waals surface area contributed by atoms with Gasteiger partial charge in [0.1, 0.15) is 0 Å². The molecule has 0 atom stereocenters. The van der Waals surface area contributed by atoms with Gasteiger partial charge in [-0.15, -0.1) is 0 Å². The van der Waals surface area contributed by atoms with E-state index < -0.39 is 0 Å². The average Bonchev–Trinajstić information content (AvgIpc) is 2.63. The van der Waals surface area contributed by atoms with E-state index in [1.165, 1.54) is 43.2 Å². The zero-order valence-electron chi connectivity index (χ0n) is 15.9. The van der Waals surface area contributed by atoms with E-state index in [0.29, 0.717) is 11.9 Å². The number of aryl methyl sites for hydroxylation is 3. The van der Waals surface area contributed by atoms with Gasteiger partial charge in [0.25, 0.3) is 5.95 Å². The van der Waals surface area contributed by atoms with Gasteiger partial charge >= 0.3 is 0 Å².